The second-order valence-electron chi connectivity index (χ2n) is 4.21. The van der Waals surface area contributed by atoms with Gasteiger partial charge in [0.1, 0.15) is 5.75 Å². The van der Waals surface area contributed by atoms with Crippen LogP contribution in [0.5, 0.6) is 5.75 Å². The van der Waals surface area contributed by atoms with Crippen LogP contribution in [0.25, 0.3) is 0 Å². The number of rotatable bonds is 3. The molecule has 0 aliphatic heterocycles. The maximum Gasteiger partial charge on any atom is 0.272 e. The summed E-state index contributed by atoms with van der Waals surface area (Å²) in [5.41, 5.74) is 3.82. The topological polar surface area (TPSA) is 74.6 Å². The molecule has 21 heavy (non-hydrogen) atoms. The normalized spacial score (nSPS) is 10.8. The zero-order chi connectivity index (χ0) is 15.4. The number of phenolic OH excluding ortho intramolecular Hbond substituents is 1. The van der Waals surface area contributed by atoms with Crippen LogP contribution in [0.15, 0.2) is 35.6 Å². The lowest BCUT2D eigenvalue weighted by Gasteiger charge is -2.03. The van der Waals surface area contributed by atoms with Crippen molar-refractivity contribution in [1.82, 2.24) is 10.4 Å². The lowest BCUT2D eigenvalue weighted by molar-refractivity contribution is 0.0954. The van der Waals surface area contributed by atoms with Gasteiger partial charge in [0.25, 0.3) is 5.91 Å². The molecule has 0 atom stereocenters. The Morgan fingerprint density at radius 1 is 1.38 bits per heavy atom. The molecule has 108 valence electrons. The van der Waals surface area contributed by atoms with Crippen molar-refractivity contribution < 1.29 is 9.90 Å². The molecule has 0 saturated carbocycles. The number of benzene rings is 1. The van der Waals surface area contributed by atoms with Crippen molar-refractivity contribution in [2.45, 2.75) is 6.92 Å². The van der Waals surface area contributed by atoms with Gasteiger partial charge in [-0.25, -0.2) is 5.43 Å². The molecule has 5 nitrogen and oxygen atoms in total. The highest BCUT2D eigenvalue weighted by Gasteiger charge is 2.07. The SMILES string of the molecule is Cc1ccc(C(=O)NN=Cc2cc(Cl)cc(Cl)c2O)cn1. The van der Waals surface area contributed by atoms with Gasteiger partial charge in [-0.1, -0.05) is 23.2 Å². The van der Waals surface area contributed by atoms with Gasteiger partial charge in [-0.15, -0.1) is 0 Å². The van der Waals surface area contributed by atoms with E-state index in [1.807, 2.05) is 6.92 Å². The number of phenols is 1. The van der Waals surface area contributed by atoms with Crippen LogP contribution in [-0.4, -0.2) is 22.2 Å². The third-order valence-corrected chi connectivity index (χ3v) is 3.11. The van der Waals surface area contributed by atoms with E-state index < -0.39 is 5.91 Å². The molecule has 0 bridgehead atoms. The molecule has 1 aromatic heterocycles. The summed E-state index contributed by atoms with van der Waals surface area (Å²) < 4.78 is 0. The third kappa shape index (κ3) is 3.93. The molecular formula is C14H11Cl2N3O2. The van der Waals surface area contributed by atoms with Gasteiger partial charge in [-0.3, -0.25) is 9.78 Å². The minimum Gasteiger partial charge on any atom is -0.506 e. The number of aryl methyl sites for hydroxylation is 1. The average Bonchev–Trinajstić information content (AvgIpc) is 2.44. The Bertz CT molecular complexity index is 700. The minimum atomic E-state index is -0.411. The number of carbonyl (C=O) groups excluding carboxylic acids is 1. The molecule has 0 aliphatic rings. The first-order valence-corrected chi connectivity index (χ1v) is 6.67. The first kappa shape index (κ1) is 15.3. The van der Waals surface area contributed by atoms with Gasteiger partial charge in [0.05, 0.1) is 16.8 Å². The number of aromatic hydroxyl groups is 1. The molecular weight excluding hydrogens is 313 g/mol. The van der Waals surface area contributed by atoms with Crippen LogP contribution in [0.2, 0.25) is 10.0 Å². The Morgan fingerprint density at radius 2 is 2.14 bits per heavy atom. The number of halogens is 2. The minimum absolute atomic E-state index is 0.109. The van der Waals surface area contributed by atoms with Gasteiger partial charge in [0, 0.05) is 22.5 Å². The zero-order valence-corrected chi connectivity index (χ0v) is 12.5. The van der Waals surface area contributed by atoms with Gasteiger partial charge < -0.3 is 5.11 Å². The largest absolute Gasteiger partial charge is 0.506 e. The van der Waals surface area contributed by atoms with E-state index in [9.17, 15) is 9.90 Å². The fourth-order valence-corrected chi connectivity index (χ4v) is 2.02. The Labute approximate surface area is 131 Å². The molecule has 2 rings (SSSR count). The van der Waals surface area contributed by atoms with Crippen molar-refractivity contribution in [3.8, 4) is 5.75 Å². The number of hydrogen-bond acceptors (Lipinski definition) is 4. The Balaban J connectivity index is 2.09. The maximum absolute atomic E-state index is 11.8. The Kier molecular flexibility index (Phi) is 4.77. The van der Waals surface area contributed by atoms with E-state index in [1.54, 1.807) is 12.1 Å². The quantitative estimate of drug-likeness (QED) is 0.673. The van der Waals surface area contributed by atoms with Gasteiger partial charge >= 0.3 is 0 Å². The summed E-state index contributed by atoms with van der Waals surface area (Å²) in [6.07, 6.45) is 2.71. The van der Waals surface area contributed by atoms with Crippen LogP contribution in [0.4, 0.5) is 0 Å². The molecule has 0 fully saturated rings. The van der Waals surface area contributed by atoms with Crippen molar-refractivity contribution in [3.63, 3.8) is 0 Å². The first-order chi connectivity index (χ1) is 9.97. The summed E-state index contributed by atoms with van der Waals surface area (Å²) in [7, 11) is 0. The fraction of sp³-hybridized carbons (Fsp3) is 0.0714. The van der Waals surface area contributed by atoms with E-state index in [1.165, 1.54) is 24.5 Å². The monoisotopic (exact) mass is 323 g/mol. The summed E-state index contributed by atoms with van der Waals surface area (Å²) in [6, 6.07) is 6.25. The van der Waals surface area contributed by atoms with Crippen LogP contribution in [0.3, 0.4) is 0 Å². The second kappa shape index (κ2) is 6.56. The number of hydrogen-bond donors (Lipinski definition) is 2. The standard InChI is InChI=1S/C14H11Cl2N3O2/c1-8-2-3-9(6-17-8)14(21)19-18-7-10-4-11(15)5-12(16)13(10)20/h2-7,20H,1H3,(H,19,21). The molecule has 7 heteroatoms. The van der Waals surface area contributed by atoms with Gasteiger partial charge in [0.2, 0.25) is 0 Å². The Morgan fingerprint density at radius 3 is 2.81 bits per heavy atom. The lowest BCUT2D eigenvalue weighted by Crippen LogP contribution is -2.17. The van der Waals surface area contributed by atoms with Gasteiger partial charge in [0.15, 0.2) is 0 Å². The molecule has 0 unspecified atom stereocenters. The molecule has 1 amide bonds. The molecule has 2 aromatic rings. The maximum atomic E-state index is 11.8. The summed E-state index contributed by atoms with van der Waals surface area (Å²) in [6.45, 7) is 1.82. The lowest BCUT2D eigenvalue weighted by atomic mass is 10.2. The molecule has 0 saturated heterocycles. The highest BCUT2D eigenvalue weighted by molar-refractivity contribution is 6.36. The van der Waals surface area contributed by atoms with Crippen molar-refractivity contribution >= 4 is 35.3 Å². The van der Waals surface area contributed by atoms with Crippen LogP contribution in [0.1, 0.15) is 21.6 Å². The van der Waals surface area contributed by atoms with Crippen LogP contribution in [-0.2, 0) is 0 Å². The van der Waals surface area contributed by atoms with E-state index in [4.69, 9.17) is 23.2 Å². The number of carbonyl (C=O) groups is 1. The molecule has 1 heterocycles. The highest BCUT2D eigenvalue weighted by atomic mass is 35.5. The number of pyridine rings is 1. The number of hydrazone groups is 1. The number of aromatic nitrogens is 1. The summed E-state index contributed by atoms with van der Waals surface area (Å²) in [4.78, 5) is 15.8. The van der Waals surface area contributed by atoms with E-state index >= 15 is 0 Å². The van der Waals surface area contributed by atoms with E-state index in [0.717, 1.165) is 5.69 Å². The number of nitrogens with zero attached hydrogens (tertiary/aromatic N) is 2. The third-order valence-electron chi connectivity index (χ3n) is 2.60. The van der Waals surface area contributed by atoms with E-state index in [0.29, 0.717) is 16.1 Å². The highest BCUT2D eigenvalue weighted by Crippen LogP contribution is 2.29. The number of nitrogens with one attached hydrogen (secondary N) is 1. The van der Waals surface area contributed by atoms with Crippen molar-refractivity contribution in [3.05, 3.63) is 57.3 Å². The Hall–Kier alpha value is -2.11. The first-order valence-electron chi connectivity index (χ1n) is 5.91. The molecule has 2 N–H and O–H groups in total. The van der Waals surface area contributed by atoms with Gasteiger partial charge in [-0.2, -0.15) is 5.10 Å². The van der Waals surface area contributed by atoms with Crippen molar-refractivity contribution in [1.29, 1.82) is 0 Å². The van der Waals surface area contributed by atoms with E-state index in [-0.39, 0.29) is 10.8 Å². The predicted octanol–water partition coefficient (Wildman–Crippen LogP) is 3.17. The zero-order valence-electron chi connectivity index (χ0n) is 11.0. The molecule has 1 aromatic carbocycles. The van der Waals surface area contributed by atoms with Crippen molar-refractivity contribution in [2.24, 2.45) is 5.10 Å². The van der Waals surface area contributed by atoms with Crippen molar-refractivity contribution in [2.75, 3.05) is 0 Å². The number of amides is 1. The summed E-state index contributed by atoms with van der Waals surface area (Å²) in [5.74, 6) is -0.567. The summed E-state index contributed by atoms with van der Waals surface area (Å²) in [5, 5.41) is 13.9. The van der Waals surface area contributed by atoms with Crippen LogP contribution < -0.4 is 5.43 Å². The molecule has 0 aliphatic carbocycles. The molecule has 0 radical (unpaired) electrons. The second-order valence-corrected chi connectivity index (χ2v) is 5.06. The van der Waals surface area contributed by atoms with Crippen LogP contribution >= 0.6 is 23.2 Å². The van der Waals surface area contributed by atoms with Gasteiger partial charge in [-0.05, 0) is 31.2 Å². The average molecular weight is 324 g/mol. The predicted molar refractivity (Wildman–Crippen MR) is 82.2 cm³/mol. The van der Waals surface area contributed by atoms with Crippen LogP contribution in [0, 0.1) is 6.92 Å². The smallest absolute Gasteiger partial charge is 0.272 e. The summed E-state index contributed by atoms with van der Waals surface area (Å²) >= 11 is 11.6. The molecule has 0 spiro atoms. The fourth-order valence-electron chi connectivity index (χ4n) is 1.51. The van der Waals surface area contributed by atoms with E-state index in [2.05, 4.69) is 15.5 Å².